The highest BCUT2D eigenvalue weighted by atomic mass is 16.3. The summed E-state index contributed by atoms with van der Waals surface area (Å²) in [6, 6.07) is 15.2. The number of phenols is 2. The molecule has 1 atom stereocenters. The molecule has 1 fully saturated rings. The van der Waals surface area contributed by atoms with E-state index in [1.165, 1.54) is 6.07 Å². The normalized spacial score (nSPS) is 15.2. The topological polar surface area (TPSA) is 107 Å². The van der Waals surface area contributed by atoms with Gasteiger partial charge in [0.15, 0.2) is 5.43 Å². The maximum Gasteiger partial charge on any atom is 0.223 e. The second kappa shape index (κ2) is 9.83. The lowest BCUT2D eigenvalue weighted by Crippen LogP contribution is -2.47. The number of aromatic nitrogens is 1. The number of aromatic hydroxyl groups is 2. The van der Waals surface area contributed by atoms with E-state index in [1.807, 2.05) is 42.3 Å². The number of phenolic OH excluding ortho intramolecular Hbond substituents is 2. The molecule has 8 heteroatoms. The van der Waals surface area contributed by atoms with Crippen LogP contribution >= 0.6 is 0 Å². The van der Waals surface area contributed by atoms with Crippen molar-refractivity contribution in [1.82, 2.24) is 14.8 Å². The Balaban J connectivity index is 1.68. The Labute approximate surface area is 208 Å². The molecule has 1 saturated heterocycles. The van der Waals surface area contributed by atoms with Gasteiger partial charge in [-0.1, -0.05) is 30.3 Å². The second-order valence-corrected chi connectivity index (χ2v) is 9.09. The van der Waals surface area contributed by atoms with Gasteiger partial charge in [0, 0.05) is 74.2 Å². The Hall–Kier alpha value is -4.17. The van der Waals surface area contributed by atoms with Crippen LogP contribution in [0.25, 0.3) is 22.3 Å². The molecule has 0 unspecified atom stereocenters. The zero-order valence-electron chi connectivity index (χ0n) is 19.9. The van der Waals surface area contributed by atoms with Crippen LogP contribution in [0.15, 0.2) is 76.2 Å². The van der Waals surface area contributed by atoms with Gasteiger partial charge in [-0.25, -0.2) is 0 Å². The zero-order valence-corrected chi connectivity index (χ0v) is 19.9. The van der Waals surface area contributed by atoms with Crippen molar-refractivity contribution in [2.45, 2.75) is 12.3 Å². The van der Waals surface area contributed by atoms with Crippen LogP contribution in [-0.2, 0) is 4.79 Å². The van der Waals surface area contributed by atoms with E-state index >= 15 is 0 Å². The lowest BCUT2D eigenvalue weighted by Gasteiger charge is -2.33. The number of nitrogens with zero attached hydrogens (tertiary/aromatic N) is 3. The Kier molecular flexibility index (Phi) is 6.43. The molecule has 1 aliphatic rings. The fourth-order valence-corrected chi connectivity index (χ4v) is 4.74. The average molecular weight is 486 g/mol. The summed E-state index contributed by atoms with van der Waals surface area (Å²) in [6.45, 7) is 2.81. The van der Waals surface area contributed by atoms with Crippen LogP contribution in [0, 0.1) is 0 Å². The molecule has 4 aromatic rings. The summed E-state index contributed by atoms with van der Waals surface area (Å²) < 4.78 is 6.20. The van der Waals surface area contributed by atoms with Crippen LogP contribution in [0.4, 0.5) is 0 Å². The molecule has 5 rings (SSSR count). The Morgan fingerprint density at radius 1 is 1.00 bits per heavy atom. The molecule has 36 heavy (non-hydrogen) atoms. The van der Waals surface area contributed by atoms with Gasteiger partial charge in [0.2, 0.25) is 5.91 Å². The molecule has 3 heterocycles. The van der Waals surface area contributed by atoms with E-state index in [2.05, 4.69) is 9.88 Å². The van der Waals surface area contributed by atoms with E-state index in [4.69, 9.17) is 4.42 Å². The van der Waals surface area contributed by atoms with Gasteiger partial charge >= 0.3 is 0 Å². The fourth-order valence-electron chi connectivity index (χ4n) is 4.74. The predicted octanol–water partition coefficient (Wildman–Crippen LogP) is 3.56. The molecule has 184 valence electrons. The van der Waals surface area contributed by atoms with E-state index in [9.17, 15) is 19.8 Å². The largest absolute Gasteiger partial charge is 0.507 e. The highest BCUT2D eigenvalue weighted by molar-refractivity contribution is 5.91. The maximum atomic E-state index is 13.4. The van der Waals surface area contributed by atoms with Crippen molar-refractivity contribution in [2.75, 3.05) is 33.2 Å². The Morgan fingerprint density at radius 2 is 1.69 bits per heavy atom. The van der Waals surface area contributed by atoms with Crippen LogP contribution in [-0.4, -0.2) is 64.1 Å². The van der Waals surface area contributed by atoms with Crippen molar-refractivity contribution in [3.8, 4) is 22.8 Å². The number of likely N-dealkylation sites (N-methyl/N-ethyl adjacent to an activating group) is 1. The van der Waals surface area contributed by atoms with Gasteiger partial charge in [0.05, 0.1) is 0 Å². The molecule has 2 aromatic carbocycles. The van der Waals surface area contributed by atoms with Gasteiger partial charge in [0.1, 0.15) is 28.2 Å². The maximum absolute atomic E-state index is 13.4. The van der Waals surface area contributed by atoms with Crippen LogP contribution in [0.3, 0.4) is 0 Å². The van der Waals surface area contributed by atoms with Crippen molar-refractivity contribution < 1.29 is 19.4 Å². The molecule has 1 amide bonds. The first-order valence-electron chi connectivity index (χ1n) is 11.9. The minimum absolute atomic E-state index is 0.0337. The number of piperazine rings is 1. The molecular formula is C28H27N3O5. The number of rotatable bonds is 5. The number of carbonyl (C=O) groups is 1. The van der Waals surface area contributed by atoms with Gasteiger partial charge in [-0.2, -0.15) is 0 Å². The highest BCUT2D eigenvalue weighted by Crippen LogP contribution is 2.43. The van der Waals surface area contributed by atoms with E-state index in [0.29, 0.717) is 24.4 Å². The van der Waals surface area contributed by atoms with Crippen LogP contribution in [0.5, 0.6) is 11.5 Å². The summed E-state index contributed by atoms with van der Waals surface area (Å²) in [5.74, 6) is -1.01. The molecule has 0 spiro atoms. The lowest BCUT2D eigenvalue weighted by atomic mass is 9.86. The average Bonchev–Trinajstić information content (AvgIpc) is 2.89. The first-order valence-corrected chi connectivity index (χ1v) is 11.9. The minimum Gasteiger partial charge on any atom is -0.507 e. The number of fused-ring (bicyclic) bond motifs is 1. The van der Waals surface area contributed by atoms with E-state index in [0.717, 1.165) is 24.7 Å². The van der Waals surface area contributed by atoms with Gasteiger partial charge in [-0.3, -0.25) is 14.6 Å². The van der Waals surface area contributed by atoms with Crippen molar-refractivity contribution in [3.05, 3.63) is 88.3 Å². The first-order chi connectivity index (χ1) is 17.4. The number of pyridine rings is 1. The number of carbonyl (C=O) groups excluding carboxylic acids is 1. The standard InChI is InChI=1S/C28H27N3O5/c1-30-11-13-31(14-12-30)25(35)15-20(18-7-9-29-10-8-18)26-21(32)16-22(33)27-23(34)17-24(36-28(26)27)19-5-3-2-4-6-19/h2-10,16-17,20,32-33H,11-15H2,1H3/t20-/m1/s1. The quantitative estimate of drug-likeness (QED) is 0.445. The summed E-state index contributed by atoms with van der Waals surface area (Å²) in [5.41, 5.74) is 1.33. The number of hydrogen-bond donors (Lipinski definition) is 2. The van der Waals surface area contributed by atoms with Gasteiger partial charge in [0.25, 0.3) is 0 Å². The molecule has 0 radical (unpaired) electrons. The third-order valence-corrected chi connectivity index (χ3v) is 6.75. The zero-order chi connectivity index (χ0) is 25.2. The van der Waals surface area contributed by atoms with Crippen molar-refractivity contribution >= 4 is 16.9 Å². The number of amides is 1. The molecule has 0 bridgehead atoms. The van der Waals surface area contributed by atoms with Crippen molar-refractivity contribution in [1.29, 1.82) is 0 Å². The van der Waals surface area contributed by atoms with Gasteiger partial charge < -0.3 is 24.4 Å². The first kappa shape index (κ1) is 23.6. The summed E-state index contributed by atoms with van der Waals surface area (Å²) in [4.78, 5) is 34.6. The molecule has 0 aliphatic carbocycles. The van der Waals surface area contributed by atoms with Crippen LogP contribution in [0.1, 0.15) is 23.5 Å². The Morgan fingerprint density at radius 3 is 2.39 bits per heavy atom. The van der Waals surface area contributed by atoms with Gasteiger partial charge in [-0.05, 0) is 24.7 Å². The number of hydrogen-bond acceptors (Lipinski definition) is 7. The Bertz CT molecular complexity index is 1450. The lowest BCUT2D eigenvalue weighted by molar-refractivity contribution is -0.133. The molecule has 2 aromatic heterocycles. The summed E-state index contributed by atoms with van der Waals surface area (Å²) in [6.07, 6.45) is 3.29. The van der Waals surface area contributed by atoms with E-state index in [1.54, 1.807) is 24.5 Å². The highest BCUT2D eigenvalue weighted by Gasteiger charge is 2.30. The predicted molar refractivity (Wildman–Crippen MR) is 136 cm³/mol. The van der Waals surface area contributed by atoms with Gasteiger partial charge in [-0.15, -0.1) is 0 Å². The summed E-state index contributed by atoms with van der Waals surface area (Å²) >= 11 is 0. The minimum atomic E-state index is -0.627. The third-order valence-electron chi connectivity index (χ3n) is 6.75. The van der Waals surface area contributed by atoms with Crippen molar-refractivity contribution in [3.63, 3.8) is 0 Å². The van der Waals surface area contributed by atoms with E-state index in [-0.39, 0.29) is 40.4 Å². The fraction of sp³-hybridized carbons (Fsp3) is 0.250. The molecule has 0 saturated carbocycles. The second-order valence-electron chi connectivity index (χ2n) is 9.09. The summed E-state index contributed by atoms with van der Waals surface area (Å²) in [5, 5.41) is 21.6. The molecular weight excluding hydrogens is 458 g/mol. The monoisotopic (exact) mass is 485 g/mol. The SMILES string of the molecule is CN1CCN(C(=O)C[C@H](c2ccncc2)c2c(O)cc(O)c3c(=O)cc(-c4ccccc4)oc23)CC1. The van der Waals surface area contributed by atoms with Crippen LogP contribution < -0.4 is 5.43 Å². The smallest absolute Gasteiger partial charge is 0.223 e. The van der Waals surface area contributed by atoms with Crippen LogP contribution in [0.2, 0.25) is 0 Å². The number of benzene rings is 2. The third kappa shape index (κ3) is 4.55. The molecule has 1 aliphatic heterocycles. The molecule has 8 nitrogen and oxygen atoms in total. The molecule has 2 N–H and O–H groups in total. The van der Waals surface area contributed by atoms with Crippen molar-refractivity contribution in [2.24, 2.45) is 0 Å². The van der Waals surface area contributed by atoms with E-state index < -0.39 is 11.3 Å². The summed E-state index contributed by atoms with van der Waals surface area (Å²) in [7, 11) is 2.02.